The third-order valence-electron chi connectivity index (χ3n) is 6.56. The summed E-state index contributed by atoms with van der Waals surface area (Å²) in [4.78, 5) is 14.7. The SMILES string of the molecule is CC(c1nc(N2CCOCC2)c2ccccc2n1)N1CCN(S(=O)(=O)c2ccc(Br)cc2)CC1. The number of fused-ring (bicyclic) bond motifs is 1. The summed E-state index contributed by atoms with van der Waals surface area (Å²) in [6, 6.07) is 14.9. The molecule has 8 nitrogen and oxygen atoms in total. The normalized spacial score (nSPS) is 19.4. The molecule has 180 valence electrons. The summed E-state index contributed by atoms with van der Waals surface area (Å²) in [6.45, 7) is 7.23. The first-order chi connectivity index (χ1) is 16.4. The van der Waals surface area contributed by atoms with Crippen molar-refractivity contribution in [2.75, 3.05) is 57.4 Å². The maximum absolute atomic E-state index is 13.1. The molecule has 2 aromatic carbocycles. The highest BCUT2D eigenvalue weighted by atomic mass is 79.9. The Balaban J connectivity index is 1.35. The molecule has 1 unspecified atom stereocenters. The molecular weight excluding hydrogens is 518 g/mol. The van der Waals surface area contributed by atoms with Crippen LogP contribution in [0.3, 0.4) is 0 Å². The molecule has 3 heterocycles. The van der Waals surface area contributed by atoms with Gasteiger partial charge in [0, 0.05) is 49.1 Å². The number of aromatic nitrogens is 2. The molecule has 0 bridgehead atoms. The van der Waals surface area contributed by atoms with E-state index >= 15 is 0 Å². The van der Waals surface area contributed by atoms with Crippen molar-refractivity contribution < 1.29 is 13.2 Å². The van der Waals surface area contributed by atoms with Crippen LogP contribution in [0.1, 0.15) is 18.8 Å². The fourth-order valence-corrected chi connectivity index (χ4v) is 6.22. The van der Waals surface area contributed by atoms with E-state index < -0.39 is 10.0 Å². The van der Waals surface area contributed by atoms with Gasteiger partial charge in [-0.3, -0.25) is 4.90 Å². The maximum Gasteiger partial charge on any atom is 0.243 e. The second-order valence-electron chi connectivity index (χ2n) is 8.59. The number of hydrogen-bond acceptors (Lipinski definition) is 7. The van der Waals surface area contributed by atoms with Crippen LogP contribution >= 0.6 is 15.9 Å². The number of benzene rings is 2. The molecule has 3 aromatic rings. The summed E-state index contributed by atoms with van der Waals surface area (Å²) >= 11 is 3.36. The van der Waals surface area contributed by atoms with Gasteiger partial charge in [0.15, 0.2) is 0 Å². The Morgan fingerprint density at radius 2 is 1.59 bits per heavy atom. The third-order valence-corrected chi connectivity index (χ3v) is 9.00. The number of morpholine rings is 1. The summed E-state index contributed by atoms with van der Waals surface area (Å²) in [5.41, 5.74) is 0.928. The van der Waals surface area contributed by atoms with E-state index in [0.29, 0.717) is 44.3 Å². The summed E-state index contributed by atoms with van der Waals surface area (Å²) in [5.74, 6) is 1.72. The van der Waals surface area contributed by atoms with Crippen LogP contribution in [0.25, 0.3) is 10.9 Å². The largest absolute Gasteiger partial charge is 0.378 e. The average molecular weight is 546 g/mol. The Morgan fingerprint density at radius 1 is 0.912 bits per heavy atom. The van der Waals surface area contributed by atoms with Crippen molar-refractivity contribution in [3.63, 3.8) is 0 Å². The van der Waals surface area contributed by atoms with Gasteiger partial charge in [0.2, 0.25) is 10.0 Å². The van der Waals surface area contributed by atoms with Crippen molar-refractivity contribution in [1.29, 1.82) is 0 Å². The van der Waals surface area contributed by atoms with Crippen LogP contribution in [0.5, 0.6) is 0 Å². The highest BCUT2D eigenvalue weighted by Crippen LogP contribution is 2.29. The lowest BCUT2D eigenvalue weighted by Crippen LogP contribution is -2.49. The van der Waals surface area contributed by atoms with Gasteiger partial charge in [-0.05, 0) is 43.3 Å². The minimum Gasteiger partial charge on any atom is -0.378 e. The zero-order valence-electron chi connectivity index (χ0n) is 19.1. The molecule has 2 aliphatic rings. The zero-order valence-corrected chi connectivity index (χ0v) is 21.5. The van der Waals surface area contributed by atoms with Crippen LogP contribution in [0.4, 0.5) is 5.82 Å². The van der Waals surface area contributed by atoms with Gasteiger partial charge in [0.1, 0.15) is 11.6 Å². The van der Waals surface area contributed by atoms with Crippen LogP contribution in [0.2, 0.25) is 0 Å². The molecule has 5 rings (SSSR count). The summed E-state index contributed by atoms with van der Waals surface area (Å²) in [6.07, 6.45) is 0. The number of para-hydroxylation sites is 1. The van der Waals surface area contributed by atoms with Crippen molar-refractivity contribution >= 4 is 42.7 Å². The molecule has 10 heteroatoms. The molecule has 0 N–H and O–H groups in total. The quantitative estimate of drug-likeness (QED) is 0.486. The maximum atomic E-state index is 13.1. The second-order valence-corrected chi connectivity index (χ2v) is 11.4. The molecule has 34 heavy (non-hydrogen) atoms. The van der Waals surface area contributed by atoms with Crippen LogP contribution in [0.15, 0.2) is 57.9 Å². The Hall–Kier alpha value is -2.11. The first kappa shape index (κ1) is 23.6. The molecule has 1 atom stereocenters. The third kappa shape index (κ3) is 4.70. The topological polar surface area (TPSA) is 78.9 Å². The lowest BCUT2D eigenvalue weighted by atomic mass is 10.1. The van der Waals surface area contributed by atoms with E-state index in [1.165, 1.54) is 0 Å². The molecule has 0 aliphatic carbocycles. The zero-order chi connectivity index (χ0) is 23.7. The Bertz CT molecular complexity index is 1260. The van der Waals surface area contributed by atoms with Crippen LogP contribution < -0.4 is 4.90 Å². The number of anilines is 1. The van der Waals surface area contributed by atoms with Gasteiger partial charge in [-0.2, -0.15) is 4.31 Å². The van der Waals surface area contributed by atoms with E-state index in [2.05, 4.69) is 38.7 Å². The lowest BCUT2D eigenvalue weighted by Gasteiger charge is -2.37. The lowest BCUT2D eigenvalue weighted by molar-refractivity contribution is 0.122. The standard InChI is InChI=1S/C24H28BrN5O3S/c1-18(28-10-12-30(13-11-28)34(31,32)20-8-6-19(25)7-9-20)23-26-22-5-3-2-4-21(22)24(27-23)29-14-16-33-17-15-29/h2-9,18H,10-17H2,1H3. The molecule has 2 saturated heterocycles. The summed E-state index contributed by atoms with van der Waals surface area (Å²) in [7, 11) is -3.51. The van der Waals surface area contributed by atoms with Crippen molar-refractivity contribution in [2.24, 2.45) is 0 Å². The van der Waals surface area contributed by atoms with Gasteiger partial charge >= 0.3 is 0 Å². The van der Waals surface area contributed by atoms with Gasteiger partial charge in [-0.25, -0.2) is 18.4 Å². The van der Waals surface area contributed by atoms with Gasteiger partial charge in [-0.15, -0.1) is 0 Å². The predicted octanol–water partition coefficient (Wildman–Crippen LogP) is 3.30. The van der Waals surface area contributed by atoms with Crippen molar-refractivity contribution in [3.8, 4) is 0 Å². The fourth-order valence-electron chi connectivity index (χ4n) is 4.53. The average Bonchev–Trinajstić information content (AvgIpc) is 2.88. The van der Waals surface area contributed by atoms with Crippen LogP contribution in [-0.4, -0.2) is 80.1 Å². The van der Waals surface area contributed by atoms with Crippen molar-refractivity contribution in [1.82, 2.24) is 19.2 Å². The highest BCUT2D eigenvalue weighted by Gasteiger charge is 2.31. The molecule has 1 aromatic heterocycles. The first-order valence-electron chi connectivity index (χ1n) is 11.5. The number of halogens is 1. The van der Waals surface area contributed by atoms with E-state index in [4.69, 9.17) is 14.7 Å². The number of sulfonamides is 1. The smallest absolute Gasteiger partial charge is 0.243 e. The monoisotopic (exact) mass is 545 g/mol. The van der Waals surface area contributed by atoms with Crippen molar-refractivity contribution in [3.05, 3.63) is 58.8 Å². The Morgan fingerprint density at radius 3 is 2.29 bits per heavy atom. The highest BCUT2D eigenvalue weighted by molar-refractivity contribution is 9.10. The van der Waals surface area contributed by atoms with Gasteiger partial charge < -0.3 is 9.64 Å². The molecule has 0 radical (unpaired) electrons. The number of ether oxygens (including phenoxy) is 1. The van der Waals surface area contributed by atoms with E-state index in [0.717, 1.165) is 40.1 Å². The van der Waals surface area contributed by atoms with Gasteiger partial charge in [0.25, 0.3) is 0 Å². The van der Waals surface area contributed by atoms with E-state index in [1.807, 2.05) is 18.2 Å². The molecule has 0 spiro atoms. The summed E-state index contributed by atoms with van der Waals surface area (Å²) < 4.78 is 34.1. The number of rotatable bonds is 5. The fraction of sp³-hybridized carbons (Fsp3) is 0.417. The number of piperazine rings is 1. The molecule has 0 saturated carbocycles. The molecule has 2 aliphatic heterocycles. The minimum absolute atomic E-state index is 0.0260. The van der Waals surface area contributed by atoms with Crippen molar-refractivity contribution in [2.45, 2.75) is 17.9 Å². The van der Waals surface area contributed by atoms with Crippen LogP contribution in [-0.2, 0) is 14.8 Å². The number of nitrogens with zero attached hydrogens (tertiary/aromatic N) is 5. The Kier molecular flexibility index (Phi) is 6.85. The Labute approximate surface area is 208 Å². The van der Waals surface area contributed by atoms with Crippen LogP contribution in [0, 0.1) is 0 Å². The van der Waals surface area contributed by atoms with Gasteiger partial charge in [0.05, 0.1) is 29.7 Å². The molecule has 2 fully saturated rings. The molecule has 0 amide bonds. The van der Waals surface area contributed by atoms with E-state index in [1.54, 1.807) is 28.6 Å². The minimum atomic E-state index is -3.51. The first-order valence-corrected chi connectivity index (χ1v) is 13.8. The van der Waals surface area contributed by atoms with Gasteiger partial charge in [-0.1, -0.05) is 28.1 Å². The second kappa shape index (κ2) is 9.87. The summed E-state index contributed by atoms with van der Waals surface area (Å²) in [5, 5.41) is 1.05. The number of hydrogen-bond donors (Lipinski definition) is 0. The van der Waals surface area contributed by atoms with E-state index in [9.17, 15) is 8.42 Å². The molecular formula is C24H28BrN5O3S. The predicted molar refractivity (Wildman–Crippen MR) is 135 cm³/mol. The van der Waals surface area contributed by atoms with E-state index in [-0.39, 0.29) is 6.04 Å².